The van der Waals surface area contributed by atoms with Gasteiger partial charge in [-0.15, -0.1) is 10.2 Å². The number of rotatable bonds is 12. The number of hydrogen-bond acceptors (Lipinski definition) is 12. The van der Waals surface area contributed by atoms with Gasteiger partial charge in [-0.1, -0.05) is 18.7 Å². The second-order valence-electron chi connectivity index (χ2n) is 9.96. The van der Waals surface area contributed by atoms with Crippen molar-refractivity contribution in [2.75, 3.05) is 52.8 Å². The maximum absolute atomic E-state index is 14.1. The molecule has 0 amide bonds. The zero-order valence-electron chi connectivity index (χ0n) is 24.6. The summed E-state index contributed by atoms with van der Waals surface area (Å²) in [5.74, 6) is 1.69. The summed E-state index contributed by atoms with van der Waals surface area (Å²) in [6.45, 7) is 6.93. The third-order valence-electron chi connectivity index (χ3n) is 7.31. The van der Waals surface area contributed by atoms with Crippen LogP contribution >= 0.6 is 0 Å². The van der Waals surface area contributed by atoms with Crippen LogP contribution in [0.25, 0.3) is 17.2 Å². The van der Waals surface area contributed by atoms with E-state index in [9.17, 15) is 8.42 Å². The van der Waals surface area contributed by atoms with Crippen molar-refractivity contribution in [1.29, 1.82) is 0 Å². The first kappa shape index (κ1) is 30.1. The molecule has 2 aliphatic heterocycles. The van der Waals surface area contributed by atoms with Crippen molar-refractivity contribution in [2.24, 2.45) is 9.98 Å². The molecule has 2 aliphatic rings. The lowest BCUT2D eigenvalue weighted by molar-refractivity contribution is -0.0385. The van der Waals surface area contributed by atoms with Crippen molar-refractivity contribution in [3.63, 3.8) is 0 Å². The van der Waals surface area contributed by atoms with Crippen molar-refractivity contribution in [1.82, 2.24) is 24.6 Å². The molecule has 1 saturated heterocycles. The van der Waals surface area contributed by atoms with Crippen LogP contribution in [0, 0.1) is 0 Å². The van der Waals surface area contributed by atoms with Gasteiger partial charge in [-0.2, -0.15) is 0 Å². The van der Waals surface area contributed by atoms with Crippen LogP contribution in [-0.4, -0.2) is 111 Å². The molecule has 2 aromatic heterocycles. The van der Waals surface area contributed by atoms with Gasteiger partial charge >= 0.3 is 0 Å². The molecule has 14 nitrogen and oxygen atoms in total. The molecule has 0 radical (unpaired) electrons. The molecule has 3 aromatic rings. The minimum absolute atomic E-state index is 0.00692. The van der Waals surface area contributed by atoms with Gasteiger partial charge in [0.25, 0.3) is 0 Å². The maximum atomic E-state index is 14.1. The number of aromatic nitrogens is 4. The van der Waals surface area contributed by atoms with E-state index < -0.39 is 21.3 Å². The lowest BCUT2D eigenvalue weighted by Crippen LogP contribution is -2.62. The van der Waals surface area contributed by atoms with Crippen molar-refractivity contribution < 1.29 is 27.4 Å². The summed E-state index contributed by atoms with van der Waals surface area (Å²) >= 11 is 0. The topological polar surface area (TPSA) is 155 Å². The van der Waals surface area contributed by atoms with Crippen LogP contribution in [0.1, 0.15) is 6.92 Å². The molecule has 5 rings (SSSR count). The average Bonchev–Trinajstić information content (AvgIpc) is 3.40. The van der Waals surface area contributed by atoms with Gasteiger partial charge in [0.05, 0.1) is 40.0 Å². The first-order valence-electron chi connectivity index (χ1n) is 13.4. The molecule has 1 N–H and O–H groups in total. The van der Waals surface area contributed by atoms with E-state index in [2.05, 4.69) is 36.5 Å². The number of benzene rings is 1. The Labute approximate surface area is 250 Å². The number of sulfonamides is 1. The zero-order valence-corrected chi connectivity index (χ0v) is 25.4. The Balaban J connectivity index is 1.59. The Hall–Kier alpha value is -4.34. The van der Waals surface area contributed by atoms with Gasteiger partial charge in [0, 0.05) is 32.5 Å². The van der Waals surface area contributed by atoms with Crippen LogP contribution < -0.4 is 18.9 Å². The lowest BCUT2D eigenvalue weighted by atomic mass is 10.0. The number of para-hydroxylation sites is 1. The van der Waals surface area contributed by atoms with Gasteiger partial charge in [-0.05, 0) is 30.7 Å². The maximum Gasteiger partial charge on any atom is 0.243 e. The molecule has 0 saturated carbocycles. The predicted molar refractivity (Wildman–Crippen MR) is 162 cm³/mol. The molecule has 1 aromatic carbocycles. The summed E-state index contributed by atoms with van der Waals surface area (Å²) < 4.78 is 54.4. The quantitative estimate of drug-likeness (QED) is 0.323. The minimum atomic E-state index is -4.13. The Kier molecular flexibility index (Phi) is 8.75. The van der Waals surface area contributed by atoms with Crippen LogP contribution in [0.2, 0.25) is 0 Å². The first-order valence-corrected chi connectivity index (χ1v) is 15.0. The molecule has 0 aliphatic carbocycles. The van der Waals surface area contributed by atoms with E-state index in [0.717, 1.165) is 5.57 Å². The standard InChI is InChI=1S/C28H34N8O6S/c1-17-13-29-26(30-14-17)24(35-15-19(16-35)39-3)18(2)43(37,38)34-28-33-32-27(20-9-7-12-23(31-20)42-6)36(28)25-21(40-4)10-8-11-22(25)41-5/h7-13,18-19,24H,1,14-16H2,2-6H3,(H,33,34). The number of aliphatic imine (C=N–C) groups is 2. The Morgan fingerprint density at radius 3 is 2.30 bits per heavy atom. The molecule has 15 heteroatoms. The number of pyridine rings is 1. The Bertz CT molecular complexity index is 1640. The number of nitrogens with zero attached hydrogens (tertiary/aromatic N) is 7. The number of methoxy groups -OCH3 is 4. The molecule has 4 heterocycles. The summed E-state index contributed by atoms with van der Waals surface area (Å²) in [5.41, 5.74) is 1.50. The fraction of sp³-hybridized carbons (Fsp3) is 0.393. The number of anilines is 1. The molecule has 43 heavy (non-hydrogen) atoms. The number of likely N-dealkylation sites (tertiary alicyclic amines) is 1. The smallest absolute Gasteiger partial charge is 0.243 e. The first-order chi connectivity index (χ1) is 20.7. The third-order valence-corrected chi connectivity index (χ3v) is 9.01. The van der Waals surface area contributed by atoms with E-state index in [0.29, 0.717) is 54.2 Å². The van der Waals surface area contributed by atoms with Gasteiger partial charge in [-0.25, -0.2) is 18.4 Å². The van der Waals surface area contributed by atoms with E-state index in [1.807, 2.05) is 4.90 Å². The number of nitrogens with one attached hydrogen (secondary N) is 1. The SMILES string of the molecule is C=C1C=NC(C(C(C)S(=O)(=O)Nc2nnc(-c3cccc(OC)n3)n2-c2c(OC)cccc2OC)N2CC(OC)C2)=NC1. The van der Waals surface area contributed by atoms with Crippen molar-refractivity contribution in [3.05, 3.63) is 48.6 Å². The van der Waals surface area contributed by atoms with Gasteiger partial charge in [0.15, 0.2) is 5.82 Å². The predicted octanol–water partition coefficient (Wildman–Crippen LogP) is 2.22. The minimum Gasteiger partial charge on any atom is -0.494 e. The summed E-state index contributed by atoms with van der Waals surface area (Å²) in [5, 5.41) is 7.58. The molecular formula is C28H34N8O6S. The molecular weight excluding hydrogens is 576 g/mol. The normalized spacial score (nSPS) is 17.1. The van der Waals surface area contributed by atoms with Crippen LogP contribution in [0.5, 0.6) is 17.4 Å². The highest BCUT2D eigenvalue weighted by Crippen LogP contribution is 2.38. The van der Waals surface area contributed by atoms with Crippen LogP contribution in [0.15, 0.2) is 58.5 Å². The van der Waals surface area contributed by atoms with E-state index >= 15 is 0 Å². The van der Waals surface area contributed by atoms with Gasteiger partial charge in [-0.3, -0.25) is 19.2 Å². The zero-order chi connectivity index (χ0) is 30.7. The van der Waals surface area contributed by atoms with E-state index in [-0.39, 0.29) is 17.9 Å². The van der Waals surface area contributed by atoms with E-state index in [4.69, 9.17) is 18.9 Å². The molecule has 1 fully saturated rings. The number of amidine groups is 1. The van der Waals surface area contributed by atoms with Gasteiger partial charge in [0.2, 0.25) is 21.9 Å². The van der Waals surface area contributed by atoms with Crippen molar-refractivity contribution in [2.45, 2.75) is 24.3 Å². The summed E-state index contributed by atoms with van der Waals surface area (Å²) in [7, 11) is 2.01. The van der Waals surface area contributed by atoms with Crippen molar-refractivity contribution >= 4 is 28.0 Å². The van der Waals surface area contributed by atoms with Gasteiger partial charge < -0.3 is 18.9 Å². The number of hydrogen-bond donors (Lipinski definition) is 1. The van der Waals surface area contributed by atoms with Crippen LogP contribution in [0.4, 0.5) is 5.95 Å². The summed E-state index contributed by atoms with van der Waals surface area (Å²) in [6, 6.07) is 9.70. The van der Waals surface area contributed by atoms with E-state index in [1.54, 1.807) is 56.6 Å². The molecule has 228 valence electrons. The Morgan fingerprint density at radius 2 is 1.70 bits per heavy atom. The van der Waals surface area contributed by atoms with Gasteiger partial charge in [0.1, 0.15) is 34.0 Å². The second-order valence-corrected chi connectivity index (χ2v) is 12.0. The largest absolute Gasteiger partial charge is 0.494 e. The highest BCUT2D eigenvalue weighted by atomic mass is 32.2. The fourth-order valence-electron chi connectivity index (χ4n) is 4.93. The monoisotopic (exact) mass is 610 g/mol. The summed E-state index contributed by atoms with van der Waals surface area (Å²) in [4.78, 5) is 15.5. The van der Waals surface area contributed by atoms with Crippen LogP contribution in [-0.2, 0) is 14.8 Å². The molecule has 2 unspecified atom stereocenters. The van der Waals surface area contributed by atoms with Crippen molar-refractivity contribution in [3.8, 4) is 34.6 Å². The van der Waals surface area contributed by atoms with E-state index in [1.165, 1.54) is 25.9 Å². The lowest BCUT2D eigenvalue weighted by Gasteiger charge is -2.45. The molecule has 0 spiro atoms. The average molecular weight is 611 g/mol. The second kappa shape index (κ2) is 12.5. The molecule has 2 atom stereocenters. The molecule has 0 bridgehead atoms. The summed E-state index contributed by atoms with van der Waals surface area (Å²) in [6.07, 6.45) is 1.61. The fourth-order valence-corrected chi connectivity index (χ4v) is 6.14. The Morgan fingerprint density at radius 1 is 1.00 bits per heavy atom. The highest BCUT2D eigenvalue weighted by Gasteiger charge is 2.43. The third kappa shape index (κ3) is 5.96. The number of ether oxygens (including phenoxy) is 4. The van der Waals surface area contributed by atoms with Crippen LogP contribution in [0.3, 0.4) is 0 Å². The highest BCUT2D eigenvalue weighted by molar-refractivity contribution is 7.93.